The van der Waals surface area contributed by atoms with Gasteiger partial charge in [0.05, 0.1) is 0 Å². The monoisotopic (exact) mass is 270 g/mol. The van der Waals surface area contributed by atoms with Gasteiger partial charge in [-0.1, -0.05) is 42.9 Å². The lowest BCUT2D eigenvalue weighted by Gasteiger charge is -2.13. The van der Waals surface area contributed by atoms with Crippen molar-refractivity contribution in [2.45, 2.75) is 20.3 Å². The van der Waals surface area contributed by atoms with Gasteiger partial charge in [0, 0.05) is 16.9 Å². The van der Waals surface area contributed by atoms with E-state index in [-0.39, 0.29) is 0 Å². The summed E-state index contributed by atoms with van der Waals surface area (Å²) in [5.41, 5.74) is 11.1. The SMILES string of the molecule is CCc1cccc(Nc2ccc(C)cc2C(N)=S)c1. The van der Waals surface area contributed by atoms with Gasteiger partial charge in [-0.05, 0) is 43.2 Å². The molecular formula is C16H18N2S. The molecule has 0 radical (unpaired) electrons. The molecule has 0 spiro atoms. The molecule has 2 aromatic carbocycles. The number of hydrogen-bond acceptors (Lipinski definition) is 2. The molecule has 0 unspecified atom stereocenters. The molecule has 0 aliphatic carbocycles. The molecule has 0 bridgehead atoms. The minimum absolute atomic E-state index is 0.415. The van der Waals surface area contributed by atoms with Crippen LogP contribution >= 0.6 is 12.2 Å². The minimum Gasteiger partial charge on any atom is -0.389 e. The van der Waals surface area contributed by atoms with Crippen molar-refractivity contribution in [2.24, 2.45) is 5.73 Å². The second kappa shape index (κ2) is 5.85. The molecule has 0 fully saturated rings. The highest BCUT2D eigenvalue weighted by Gasteiger charge is 2.06. The number of anilines is 2. The smallest absolute Gasteiger partial charge is 0.106 e. The van der Waals surface area contributed by atoms with E-state index in [1.807, 2.05) is 31.2 Å². The first-order valence-corrected chi connectivity index (χ1v) is 6.77. The normalized spacial score (nSPS) is 10.2. The maximum Gasteiger partial charge on any atom is 0.106 e. The molecule has 0 amide bonds. The zero-order valence-electron chi connectivity index (χ0n) is 11.2. The standard InChI is InChI=1S/C16H18N2S/c1-3-12-5-4-6-13(10-12)18-15-8-7-11(2)9-14(15)16(17)19/h4-10,18H,3H2,1-2H3,(H2,17,19). The Labute approximate surface area is 119 Å². The molecule has 0 atom stereocenters. The number of hydrogen-bond donors (Lipinski definition) is 2. The predicted molar refractivity (Wildman–Crippen MR) is 86.2 cm³/mol. The van der Waals surface area contributed by atoms with Crippen molar-refractivity contribution in [3.05, 3.63) is 59.2 Å². The number of aryl methyl sites for hydroxylation is 2. The molecule has 2 nitrogen and oxygen atoms in total. The summed E-state index contributed by atoms with van der Waals surface area (Å²) in [6, 6.07) is 14.4. The fourth-order valence-electron chi connectivity index (χ4n) is 2.00. The highest BCUT2D eigenvalue weighted by Crippen LogP contribution is 2.23. The number of nitrogens with one attached hydrogen (secondary N) is 1. The van der Waals surface area contributed by atoms with E-state index in [0.29, 0.717) is 4.99 Å². The van der Waals surface area contributed by atoms with Gasteiger partial charge in [-0.15, -0.1) is 0 Å². The number of rotatable bonds is 4. The van der Waals surface area contributed by atoms with Gasteiger partial charge in [0.1, 0.15) is 4.99 Å². The van der Waals surface area contributed by atoms with Gasteiger partial charge in [-0.25, -0.2) is 0 Å². The highest BCUT2D eigenvalue weighted by molar-refractivity contribution is 7.80. The Morgan fingerprint density at radius 1 is 1.21 bits per heavy atom. The highest BCUT2D eigenvalue weighted by atomic mass is 32.1. The summed E-state index contributed by atoms with van der Waals surface area (Å²) >= 11 is 5.11. The summed E-state index contributed by atoms with van der Waals surface area (Å²) in [6.07, 6.45) is 1.02. The third-order valence-corrected chi connectivity index (χ3v) is 3.27. The van der Waals surface area contributed by atoms with Gasteiger partial charge in [0.2, 0.25) is 0 Å². The van der Waals surface area contributed by atoms with Gasteiger partial charge >= 0.3 is 0 Å². The summed E-state index contributed by atoms with van der Waals surface area (Å²) in [5, 5.41) is 3.39. The van der Waals surface area contributed by atoms with E-state index in [4.69, 9.17) is 18.0 Å². The zero-order chi connectivity index (χ0) is 13.8. The number of thiocarbonyl (C=S) groups is 1. The topological polar surface area (TPSA) is 38.0 Å². The van der Waals surface area contributed by atoms with Crippen LogP contribution in [-0.2, 0) is 6.42 Å². The Morgan fingerprint density at radius 2 is 2.00 bits per heavy atom. The summed E-state index contributed by atoms with van der Waals surface area (Å²) in [4.78, 5) is 0.415. The average molecular weight is 270 g/mol. The molecule has 0 aromatic heterocycles. The lowest BCUT2D eigenvalue weighted by Crippen LogP contribution is -2.12. The zero-order valence-corrected chi connectivity index (χ0v) is 12.1. The van der Waals surface area contributed by atoms with Crippen LogP contribution in [0, 0.1) is 6.92 Å². The molecule has 0 heterocycles. The molecular weight excluding hydrogens is 252 g/mol. The fraction of sp³-hybridized carbons (Fsp3) is 0.188. The van der Waals surface area contributed by atoms with Gasteiger partial charge in [-0.3, -0.25) is 0 Å². The Hall–Kier alpha value is -1.87. The third kappa shape index (κ3) is 3.32. The number of benzene rings is 2. The van der Waals surface area contributed by atoms with Crippen molar-refractivity contribution in [3.63, 3.8) is 0 Å². The van der Waals surface area contributed by atoms with Crippen LogP contribution in [0.15, 0.2) is 42.5 Å². The summed E-state index contributed by atoms with van der Waals surface area (Å²) in [5.74, 6) is 0. The molecule has 3 heteroatoms. The van der Waals surface area contributed by atoms with Crippen LogP contribution in [0.4, 0.5) is 11.4 Å². The molecule has 0 saturated heterocycles. The van der Waals surface area contributed by atoms with E-state index in [1.165, 1.54) is 5.56 Å². The maximum absolute atomic E-state index is 5.78. The molecule has 3 N–H and O–H groups in total. The van der Waals surface area contributed by atoms with Crippen LogP contribution < -0.4 is 11.1 Å². The van der Waals surface area contributed by atoms with Crippen LogP contribution in [0.3, 0.4) is 0 Å². The third-order valence-electron chi connectivity index (χ3n) is 3.05. The molecule has 19 heavy (non-hydrogen) atoms. The van der Waals surface area contributed by atoms with Crippen LogP contribution in [0.2, 0.25) is 0 Å². The largest absolute Gasteiger partial charge is 0.389 e. The van der Waals surface area contributed by atoms with E-state index in [9.17, 15) is 0 Å². The van der Waals surface area contributed by atoms with Crippen molar-refractivity contribution >= 4 is 28.6 Å². The number of nitrogens with two attached hydrogens (primary N) is 1. The first-order valence-electron chi connectivity index (χ1n) is 6.36. The van der Waals surface area contributed by atoms with E-state index in [1.54, 1.807) is 0 Å². The summed E-state index contributed by atoms with van der Waals surface area (Å²) in [6.45, 7) is 4.18. The maximum atomic E-state index is 5.78. The lowest BCUT2D eigenvalue weighted by molar-refractivity contribution is 1.14. The first-order chi connectivity index (χ1) is 9.10. The van der Waals surface area contributed by atoms with E-state index in [2.05, 4.69) is 30.4 Å². The minimum atomic E-state index is 0.415. The molecule has 2 aromatic rings. The van der Waals surface area contributed by atoms with Crippen molar-refractivity contribution in [1.29, 1.82) is 0 Å². The van der Waals surface area contributed by atoms with Crippen molar-refractivity contribution < 1.29 is 0 Å². The molecule has 0 aliphatic rings. The van der Waals surface area contributed by atoms with Gasteiger partial charge in [-0.2, -0.15) is 0 Å². The molecule has 0 saturated carbocycles. The van der Waals surface area contributed by atoms with Crippen molar-refractivity contribution in [1.82, 2.24) is 0 Å². The van der Waals surface area contributed by atoms with Gasteiger partial charge < -0.3 is 11.1 Å². The Balaban J connectivity index is 2.34. The van der Waals surface area contributed by atoms with Crippen LogP contribution in [0.1, 0.15) is 23.6 Å². The second-order valence-electron chi connectivity index (χ2n) is 4.59. The molecule has 98 valence electrons. The fourth-order valence-corrected chi connectivity index (χ4v) is 2.16. The molecule has 2 rings (SSSR count). The van der Waals surface area contributed by atoms with E-state index in [0.717, 1.165) is 28.9 Å². The second-order valence-corrected chi connectivity index (χ2v) is 5.03. The predicted octanol–water partition coefficient (Wildman–Crippen LogP) is 3.94. The van der Waals surface area contributed by atoms with Crippen molar-refractivity contribution in [2.75, 3.05) is 5.32 Å². The van der Waals surface area contributed by atoms with E-state index < -0.39 is 0 Å². The van der Waals surface area contributed by atoms with Crippen molar-refractivity contribution in [3.8, 4) is 0 Å². The Bertz CT molecular complexity index is 605. The van der Waals surface area contributed by atoms with Crippen LogP contribution in [0.25, 0.3) is 0 Å². The molecule has 0 aliphatic heterocycles. The Kier molecular flexibility index (Phi) is 4.17. The van der Waals surface area contributed by atoms with Gasteiger partial charge in [0.15, 0.2) is 0 Å². The first kappa shape index (κ1) is 13.6. The van der Waals surface area contributed by atoms with Crippen LogP contribution in [0.5, 0.6) is 0 Å². The van der Waals surface area contributed by atoms with E-state index >= 15 is 0 Å². The lowest BCUT2D eigenvalue weighted by atomic mass is 10.1. The summed E-state index contributed by atoms with van der Waals surface area (Å²) in [7, 11) is 0. The van der Waals surface area contributed by atoms with Crippen LogP contribution in [-0.4, -0.2) is 4.99 Å². The summed E-state index contributed by atoms with van der Waals surface area (Å²) < 4.78 is 0. The average Bonchev–Trinajstić information content (AvgIpc) is 2.41. The quantitative estimate of drug-likeness (QED) is 0.827. The van der Waals surface area contributed by atoms with Gasteiger partial charge in [0.25, 0.3) is 0 Å². The Morgan fingerprint density at radius 3 is 2.68 bits per heavy atom.